The van der Waals surface area contributed by atoms with E-state index in [1.807, 2.05) is 0 Å². The third-order valence-corrected chi connectivity index (χ3v) is 5.33. The Balaban J connectivity index is 0.00000156. The smallest absolute Gasteiger partial charge is 0.278 e. The van der Waals surface area contributed by atoms with Gasteiger partial charge in [-0.15, -0.1) is 24.8 Å². The number of nitrogens with one attached hydrogen (secondary N) is 1. The molecule has 2 fully saturated rings. The highest BCUT2D eigenvalue weighted by molar-refractivity contribution is 6.32. The van der Waals surface area contributed by atoms with E-state index in [4.69, 9.17) is 11.6 Å². The molecule has 1 heterocycles. The van der Waals surface area contributed by atoms with Crippen LogP contribution in [0.3, 0.4) is 0 Å². The molecule has 0 aromatic heterocycles. The van der Waals surface area contributed by atoms with E-state index in [1.165, 1.54) is 12.1 Å². The Hall–Kier alpha value is -0.790. The number of benzene rings is 1. The Morgan fingerprint density at radius 1 is 1.24 bits per heavy atom. The van der Waals surface area contributed by atoms with Gasteiger partial charge in [0.1, 0.15) is 5.75 Å². The van der Waals surface area contributed by atoms with Gasteiger partial charge in [0, 0.05) is 38.3 Å². The highest BCUT2D eigenvalue weighted by Gasteiger charge is 2.38. The van der Waals surface area contributed by atoms with E-state index in [9.17, 15) is 15.2 Å². The summed E-state index contributed by atoms with van der Waals surface area (Å²) in [5, 5.41) is 25.5. The van der Waals surface area contributed by atoms with E-state index in [0.717, 1.165) is 51.9 Å². The number of phenolic OH excluding ortho intramolecular Hbond substituents is 1. The maximum Gasteiger partial charge on any atom is 0.278 e. The van der Waals surface area contributed by atoms with Gasteiger partial charge in [-0.25, -0.2) is 0 Å². The topological polar surface area (TPSA) is 78.6 Å². The first-order valence-electron chi connectivity index (χ1n) is 8.20. The molecule has 0 spiro atoms. The van der Waals surface area contributed by atoms with Crippen LogP contribution in [0.2, 0.25) is 5.02 Å². The van der Waals surface area contributed by atoms with Crippen molar-refractivity contribution in [2.75, 3.05) is 26.2 Å². The lowest BCUT2D eigenvalue weighted by molar-refractivity contribution is -0.386. The van der Waals surface area contributed by atoms with E-state index in [2.05, 4.69) is 10.2 Å². The zero-order chi connectivity index (χ0) is 16.4. The van der Waals surface area contributed by atoms with E-state index < -0.39 is 4.92 Å². The summed E-state index contributed by atoms with van der Waals surface area (Å²) < 4.78 is 0. The molecule has 1 aromatic carbocycles. The molecule has 0 radical (unpaired) electrons. The summed E-state index contributed by atoms with van der Waals surface area (Å²) >= 11 is 6.08. The number of nitrogens with zero attached hydrogens (tertiary/aromatic N) is 2. The molecule has 0 unspecified atom stereocenters. The van der Waals surface area contributed by atoms with Crippen LogP contribution in [0.1, 0.15) is 37.3 Å². The molecule has 3 rings (SSSR count). The number of hydrogen-bond acceptors (Lipinski definition) is 5. The van der Waals surface area contributed by atoms with Crippen molar-refractivity contribution >= 4 is 42.1 Å². The summed E-state index contributed by atoms with van der Waals surface area (Å²) in [7, 11) is 0. The highest BCUT2D eigenvalue weighted by atomic mass is 35.5. The van der Waals surface area contributed by atoms with Crippen molar-refractivity contribution in [2.45, 2.75) is 31.7 Å². The number of aromatic hydroxyl groups is 1. The molecular formula is C16H24Cl3N3O3. The largest absolute Gasteiger partial charge is 0.506 e. The van der Waals surface area contributed by atoms with Crippen LogP contribution < -0.4 is 5.32 Å². The highest BCUT2D eigenvalue weighted by Crippen LogP contribution is 2.47. The van der Waals surface area contributed by atoms with Crippen molar-refractivity contribution in [1.82, 2.24) is 10.2 Å². The number of nitro benzene ring substituents is 1. The van der Waals surface area contributed by atoms with Crippen LogP contribution in [0.4, 0.5) is 5.69 Å². The maximum atomic E-state index is 11.5. The van der Waals surface area contributed by atoms with Gasteiger partial charge in [-0.1, -0.05) is 24.4 Å². The third-order valence-electron chi connectivity index (χ3n) is 5.03. The maximum absolute atomic E-state index is 11.5. The van der Waals surface area contributed by atoms with Crippen LogP contribution in [0.25, 0.3) is 0 Å². The average Bonchev–Trinajstić information content (AvgIpc) is 3.07. The molecule has 142 valence electrons. The van der Waals surface area contributed by atoms with E-state index >= 15 is 0 Å². The second-order valence-corrected chi connectivity index (χ2v) is 6.77. The molecule has 9 heteroatoms. The molecule has 25 heavy (non-hydrogen) atoms. The van der Waals surface area contributed by atoms with Crippen molar-refractivity contribution in [1.29, 1.82) is 0 Å². The van der Waals surface area contributed by atoms with Crippen molar-refractivity contribution in [3.05, 3.63) is 32.8 Å². The number of piperazine rings is 1. The van der Waals surface area contributed by atoms with Gasteiger partial charge in [0.2, 0.25) is 0 Å². The van der Waals surface area contributed by atoms with Crippen molar-refractivity contribution in [3.8, 4) is 5.75 Å². The number of halogens is 3. The fourth-order valence-corrected chi connectivity index (χ4v) is 4.14. The van der Waals surface area contributed by atoms with Crippen LogP contribution >= 0.6 is 36.4 Å². The van der Waals surface area contributed by atoms with Crippen LogP contribution in [0.5, 0.6) is 5.75 Å². The Morgan fingerprint density at radius 3 is 2.40 bits per heavy atom. The first-order chi connectivity index (χ1) is 11.1. The molecule has 1 saturated carbocycles. The molecule has 1 aromatic rings. The predicted octanol–water partition coefficient (Wildman–Crippen LogP) is 3.93. The summed E-state index contributed by atoms with van der Waals surface area (Å²) in [4.78, 5) is 13.4. The van der Waals surface area contributed by atoms with Crippen LogP contribution in [-0.4, -0.2) is 41.1 Å². The standard InChI is InChI=1S/C16H22ClN3O3.2ClH/c17-12-5-6-13(20(22)23)14(16(12)21)15(11-3-1-2-4-11)19-9-7-18-8-10-19;;/h5-6,11,15,18,21H,1-4,7-10H2;2*1H/t15-;;/m1../s1. The molecule has 0 bridgehead atoms. The van der Waals surface area contributed by atoms with Gasteiger partial charge in [-0.2, -0.15) is 0 Å². The minimum Gasteiger partial charge on any atom is -0.506 e. The van der Waals surface area contributed by atoms with Gasteiger partial charge in [0.15, 0.2) is 0 Å². The summed E-state index contributed by atoms with van der Waals surface area (Å²) in [6.45, 7) is 3.37. The number of hydrogen-bond donors (Lipinski definition) is 2. The summed E-state index contributed by atoms with van der Waals surface area (Å²) in [6.07, 6.45) is 4.36. The van der Waals surface area contributed by atoms with Crippen molar-refractivity contribution < 1.29 is 10.0 Å². The zero-order valence-corrected chi connectivity index (χ0v) is 16.2. The van der Waals surface area contributed by atoms with Crippen LogP contribution in [-0.2, 0) is 0 Å². The Morgan fingerprint density at radius 2 is 1.84 bits per heavy atom. The lowest BCUT2D eigenvalue weighted by Gasteiger charge is -2.38. The molecule has 2 N–H and O–H groups in total. The molecule has 6 nitrogen and oxygen atoms in total. The minimum atomic E-state index is -0.407. The SMILES string of the molecule is Cl.Cl.O=[N+]([O-])c1ccc(Cl)c(O)c1[C@@H](C1CCCC1)N1CCNCC1. The normalized spacial score (nSPS) is 19.7. The molecule has 1 atom stereocenters. The Kier molecular flexibility index (Phi) is 8.71. The molecule has 1 saturated heterocycles. The van der Waals surface area contributed by atoms with Crippen LogP contribution in [0.15, 0.2) is 12.1 Å². The fourth-order valence-electron chi connectivity index (χ4n) is 3.97. The second kappa shape index (κ2) is 9.78. The summed E-state index contributed by atoms with van der Waals surface area (Å²) in [6, 6.07) is 2.68. The average molecular weight is 413 g/mol. The predicted molar refractivity (Wildman–Crippen MR) is 103 cm³/mol. The molecule has 0 amide bonds. The van der Waals surface area contributed by atoms with Crippen LogP contribution in [0, 0.1) is 16.0 Å². The lowest BCUT2D eigenvalue weighted by Crippen LogP contribution is -2.46. The molecular weight excluding hydrogens is 389 g/mol. The van der Waals surface area contributed by atoms with Gasteiger partial charge in [0.25, 0.3) is 5.69 Å². The molecule has 2 aliphatic rings. The fraction of sp³-hybridized carbons (Fsp3) is 0.625. The lowest BCUT2D eigenvalue weighted by atomic mass is 9.88. The van der Waals surface area contributed by atoms with Gasteiger partial charge < -0.3 is 10.4 Å². The van der Waals surface area contributed by atoms with Gasteiger partial charge in [-0.05, 0) is 24.8 Å². The van der Waals surface area contributed by atoms with Crippen molar-refractivity contribution in [2.24, 2.45) is 5.92 Å². The van der Waals surface area contributed by atoms with Crippen molar-refractivity contribution in [3.63, 3.8) is 0 Å². The summed E-state index contributed by atoms with van der Waals surface area (Å²) in [5.74, 6) is 0.201. The number of phenols is 1. The third kappa shape index (κ3) is 4.68. The van der Waals surface area contributed by atoms with E-state index in [0.29, 0.717) is 11.5 Å². The Bertz CT molecular complexity index is 591. The Labute approximate surface area is 164 Å². The monoisotopic (exact) mass is 411 g/mol. The number of nitro groups is 1. The number of rotatable bonds is 4. The van der Waals surface area contributed by atoms with Gasteiger partial charge in [0.05, 0.1) is 15.5 Å². The zero-order valence-electron chi connectivity index (χ0n) is 13.8. The van der Waals surface area contributed by atoms with E-state index in [1.54, 1.807) is 0 Å². The first-order valence-corrected chi connectivity index (χ1v) is 8.58. The van der Waals surface area contributed by atoms with Gasteiger partial charge in [-0.3, -0.25) is 15.0 Å². The molecule has 1 aliphatic heterocycles. The van der Waals surface area contributed by atoms with Gasteiger partial charge >= 0.3 is 0 Å². The molecule has 1 aliphatic carbocycles. The quantitative estimate of drug-likeness (QED) is 0.578. The van der Waals surface area contributed by atoms with E-state index in [-0.39, 0.29) is 47.3 Å². The first kappa shape index (κ1) is 22.3. The second-order valence-electron chi connectivity index (χ2n) is 6.36. The summed E-state index contributed by atoms with van der Waals surface area (Å²) in [5.41, 5.74) is 0.374. The minimum absolute atomic E-state index is 0.